The molecule has 0 bridgehead atoms. The van der Waals surface area contributed by atoms with Gasteiger partial charge < -0.3 is 5.32 Å². The van der Waals surface area contributed by atoms with Gasteiger partial charge in [0.15, 0.2) is 0 Å². The van der Waals surface area contributed by atoms with Crippen molar-refractivity contribution in [2.24, 2.45) is 0 Å². The highest BCUT2D eigenvalue weighted by molar-refractivity contribution is 9.10. The third-order valence-corrected chi connectivity index (χ3v) is 4.46. The first-order valence-corrected chi connectivity index (χ1v) is 7.65. The molecule has 0 fully saturated rings. The summed E-state index contributed by atoms with van der Waals surface area (Å²) in [7, 11) is 0. The number of halogens is 2. The van der Waals surface area contributed by atoms with Crippen molar-refractivity contribution in [3.05, 3.63) is 63.6 Å². The van der Waals surface area contributed by atoms with E-state index < -0.39 is 0 Å². The maximum absolute atomic E-state index is 6.13. The van der Waals surface area contributed by atoms with Crippen LogP contribution in [-0.4, -0.2) is 0 Å². The molecule has 0 amide bonds. The topological polar surface area (TPSA) is 12.0 Å². The Morgan fingerprint density at radius 2 is 1.84 bits per heavy atom. The molecular weight excluding hydrogens is 322 g/mol. The van der Waals surface area contributed by atoms with Crippen LogP contribution < -0.4 is 5.32 Å². The van der Waals surface area contributed by atoms with Crippen molar-refractivity contribution in [1.29, 1.82) is 0 Å². The van der Waals surface area contributed by atoms with E-state index >= 15 is 0 Å². The van der Waals surface area contributed by atoms with Crippen molar-refractivity contribution in [2.75, 3.05) is 5.32 Å². The highest BCUT2D eigenvalue weighted by atomic mass is 79.9. The SMILES string of the molecule is CCCC(Nc1cccc(Cl)c1Br)c1ccccc1. The van der Waals surface area contributed by atoms with Crippen LogP contribution in [0.25, 0.3) is 0 Å². The minimum Gasteiger partial charge on any atom is -0.377 e. The first kappa shape index (κ1) is 14.4. The van der Waals surface area contributed by atoms with Crippen molar-refractivity contribution in [2.45, 2.75) is 25.8 Å². The van der Waals surface area contributed by atoms with Gasteiger partial charge >= 0.3 is 0 Å². The third-order valence-electron chi connectivity index (χ3n) is 3.06. The lowest BCUT2D eigenvalue weighted by molar-refractivity contribution is 0.677. The highest BCUT2D eigenvalue weighted by Crippen LogP contribution is 2.33. The molecule has 0 aliphatic heterocycles. The van der Waals surface area contributed by atoms with E-state index in [2.05, 4.69) is 52.4 Å². The molecule has 0 aromatic heterocycles. The molecule has 19 heavy (non-hydrogen) atoms. The third kappa shape index (κ3) is 3.74. The van der Waals surface area contributed by atoms with Gasteiger partial charge in [0.05, 0.1) is 21.2 Å². The lowest BCUT2D eigenvalue weighted by Gasteiger charge is -2.21. The second kappa shape index (κ2) is 6.97. The van der Waals surface area contributed by atoms with Gasteiger partial charge in [0.2, 0.25) is 0 Å². The lowest BCUT2D eigenvalue weighted by atomic mass is 10.0. The normalized spacial score (nSPS) is 12.2. The predicted molar refractivity (Wildman–Crippen MR) is 86.9 cm³/mol. The fourth-order valence-corrected chi connectivity index (χ4v) is 2.65. The van der Waals surface area contributed by atoms with Crippen molar-refractivity contribution < 1.29 is 0 Å². The molecule has 100 valence electrons. The number of hydrogen-bond donors (Lipinski definition) is 1. The molecule has 0 saturated carbocycles. The van der Waals surface area contributed by atoms with E-state index in [0.717, 1.165) is 28.0 Å². The van der Waals surface area contributed by atoms with Crippen LogP contribution in [0.5, 0.6) is 0 Å². The van der Waals surface area contributed by atoms with Crippen LogP contribution >= 0.6 is 27.5 Å². The van der Waals surface area contributed by atoms with Gasteiger partial charge in [-0.15, -0.1) is 0 Å². The van der Waals surface area contributed by atoms with E-state index in [1.165, 1.54) is 5.56 Å². The van der Waals surface area contributed by atoms with Gasteiger partial charge in [0.25, 0.3) is 0 Å². The Hall–Kier alpha value is -0.990. The average Bonchev–Trinajstić information content (AvgIpc) is 2.44. The average molecular weight is 339 g/mol. The fraction of sp³-hybridized carbons (Fsp3) is 0.250. The molecule has 2 aromatic carbocycles. The van der Waals surface area contributed by atoms with Gasteiger partial charge in [-0.25, -0.2) is 0 Å². The summed E-state index contributed by atoms with van der Waals surface area (Å²) < 4.78 is 0.925. The minimum absolute atomic E-state index is 0.306. The van der Waals surface area contributed by atoms with Crippen LogP contribution in [0.3, 0.4) is 0 Å². The van der Waals surface area contributed by atoms with Crippen LogP contribution in [0.2, 0.25) is 5.02 Å². The molecule has 0 aliphatic carbocycles. The molecule has 0 aliphatic rings. The van der Waals surface area contributed by atoms with Gasteiger partial charge in [0.1, 0.15) is 0 Å². The van der Waals surface area contributed by atoms with Crippen LogP contribution in [0.15, 0.2) is 53.0 Å². The first-order valence-electron chi connectivity index (χ1n) is 6.48. The molecule has 3 heteroatoms. The molecule has 1 atom stereocenters. The second-order valence-electron chi connectivity index (χ2n) is 4.50. The fourth-order valence-electron chi connectivity index (χ4n) is 2.10. The number of hydrogen-bond acceptors (Lipinski definition) is 1. The van der Waals surface area contributed by atoms with E-state index in [-0.39, 0.29) is 0 Å². The number of nitrogens with one attached hydrogen (secondary N) is 1. The summed E-state index contributed by atoms with van der Waals surface area (Å²) in [4.78, 5) is 0. The Kier molecular flexibility index (Phi) is 5.29. The Morgan fingerprint density at radius 3 is 2.53 bits per heavy atom. The Bertz CT molecular complexity index is 528. The molecule has 2 rings (SSSR count). The van der Waals surface area contributed by atoms with Crippen LogP contribution in [0, 0.1) is 0 Å². The van der Waals surface area contributed by atoms with Crippen LogP contribution in [0.1, 0.15) is 31.4 Å². The van der Waals surface area contributed by atoms with E-state index in [1.54, 1.807) is 0 Å². The minimum atomic E-state index is 0.306. The lowest BCUT2D eigenvalue weighted by Crippen LogP contribution is -2.10. The molecule has 0 heterocycles. The number of benzene rings is 2. The Morgan fingerprint density at radius 1 is 1.11 bits per heavy atom. The zero-order chi connectivity index (χ0) is 13.7. The largest absolute Gasteiger partial charge is 0.377 e. The van der Waals surface area contributed by atoms with Gasteiger partial charge in [-0.3, -0.25) is 0 Å². The van der Waals surface area contributed by atoms with Crippen molar-refractivity contribution in [1.82, 2.24) is 0 Å². The Labute approximate surface area is 128 Å². The summed E-state index contributed by atoms with van der Waals surface area (Å²) in [5.74, 6) is 0. The second-order valence-corrected chi connectivity index (χ2v) is 5.70. The van der Waals surface area contributed by atoms with Crippen molar-refractivity contribution in [3.8, 4) is 0 Å². The van der Waals surface area contributed by atoms with Gasteiger partial charge in [-0.05, 0) is 40.0 Å². The van der Waals surface area contributed by atoms with E-state index in [4.69, 9.17) is 11.6 Å². The summed E-state index contributed by atoms with van der Waals surface area (Å²) in [5, 5.41) is 4.30. The summed E-state index contributed by atoms with van der Waals surface area (Å²) in [5.41, 5.74) is 2.34. The monoisotopic (exact) mass is 337 g/mol. The van der Waals surface area contributed by atoms with E-state index in [9.17, 15) is 0 Å². The predicted octanol–water partition coefficient (Wildman–Crippen LogP) is 6.06. The smallest absolute Gasteiger partial charge is 0.0593 e. The van der Waals surface area contributed by atoms with E-state index in [1.807, 2.05) is 24.3 Å². The highest BCUT2D eigenvalue weighted by Gasteiger charge is 2.12. The summed E-state index contributed by atoms with van der Waals surface area (Å²) in [6, 6.07) is 16.7. The van der Waals surface area contributed by atoms with Crippen LogP contribution in [-0.2, 0) is 0 Å². The molecule has 1 N–H and O–H groups in total. The summed E-state index contributed by atoms with van der Waals surface area (Å²) in [6.07, 6.45) is 2.22. The zero-order valence-corrected chi connectivity index (χ0v) is 13.2. The standard InChI is InChI=1S/C16H17BrClN/c1-2-7-14(12-8-4-3-5-9-12)19-15-11-6-10-13(18)16(15)17/h3-6,8-11,14,19H,2,7H2,1H3. The molecule has 0 radical (unpaired) electrons. The van der Waals surface area contributed by atoms with Crippen molar-refractivity contribution >= 4 is 33.2 Å². The zero-order valence-electron chi connectivity index (χ0n) is 10.9. The molecule has 0 spiro atoms. The Balaban J connectivity index is 2.24. The maximum atomic E-state index is 6.13. The summed E-state index contributed by atoms with van der Waals surface area (Å²) in [6.45, 7) is 2.20. The van der Waals surface area contributed by atoms with Gasteiger partial charge in [-0.1, -0.05) is 61.3 Å². The quantitative estimate of drug-likeness (QED) is 0.699. The number of rotatable bonds is 5. The molecular formula is C16H17BrClN. The molecule has 1 nitrogen and oxygen atoms in total. The molecule has 2 aromatic rings. The van der Waals surface area contributed by atoms with Crippen molar-refractivity contribution in [3.63, 3.8) is 0 Å². The first-order chi connectivity index (χ1) is 9.22. The van der Waals surface area contributed by atoms with E-state index in [0.29, 0.717) is 6.04 Å². The number of anilines is 1. The molecule has 1 unspecified atom stereocenters. The maximum Gasteiger partial charge on any atom is 0.0593 e. The van der Waals surface area contributed by atoms with Crippen LogP contribution in [0.4, 0.5) is 5.69 Å². The van der Waals surface area contributed by atoms with Gasteiger partial charge in [0, 0.05) is 0 Å². The summed E-state index contributed by atoms with van der Waals surface area (Å²) >= 11 is 9.67. The van der Waals surface area contributed by atoms with Gasteiger partial charge in [-0.2, -0.15) is 0 Å². The molecule has 0 saturated heterocycles.